The molecule has 0 aliphatic heterocycles. The van der Waals surface area contributed by atoms with E-state index in [1.807, 2.05) is 44.2 Å². The first-order valence-corrected chi connectivity index (χ1v) is 5.16. The Morgan fingerprint density at radius 1 is 1.33 bits per heavy atom. The molecule has 1 aromatic rings. The van der Waals surface area contributed by atoms with Gasteiger partial charge in [0, 0.05) is 0 Å². The van der Waals surface area contributed by atoms with Crippen LogP contribution in [0.2, 0.25) is 0 Å². The van der Waals surface area contributed by atoms with Crippen LogP contribution in [0.5, 0.6) is 0 Å². The highest BCUT2D eigenvalue weighted by molar-refractivity contribution is 5.74. The third-order valence-electron chi connectivity index (χ3n) is 1.60. The van der Waals surface area contributed by atoms with Gasteiger partial charge in [0.05, 0.1) is 0 Å². The van der Waals surface area contributed by atoms with Crippen molar-refractivity contribution in [2.24, 2.45) is 5.73 Å². The molecular formula is C12H19NO2. The van der Waals surface area contributed by atoms with Crippen LogP contribution in [0.1, 0.15) is 26.3 Å². The van der Waals surface area contributed by atoms with Crippen LogP contribution in [0.3, 0.4) is 0 Å². The molecule has 0 radical (unpaired) electrons. The summed E-state index contributed by atoms with van der Waals surface area (Å²) in [5.74, 6) is -0.371. The summed E-state index contributed by atoms with van der Waals surface area (Å²) < 4.78 is 4.93. The van der Waals surface area contributed by atoms with Gasteiger partial charge in [-0.3, -0.25) is 4.79 Å². The minimum atomic E-state index is -0.552. The van der Waals surface area contributed by atoms with Gasteiger partial charge in [0.15, 0.2) is 0 Å². The van der Waals surface area contributed by atoms with Crippen molar-refractivity contribution in [1.82, 2.24) is 0 Å². The molecule has 3 heteroatoms. The topological polar surface area (TPSA) is 52.3 Å². The molecule has 0 heterocycles. The number of nitrogens with two attached hydrogens (primary N) is 1. The van der Waals surface area contributed by atoms with E-state index in [1.54, 1.807) is 6.92 Å². The SMILES string of the molecule is CC.C[C@H](N)C(=O)OCc1ccccc1. The molecule has 0 aliphatic rings. The van der Waals surface area contributed by atoms with Crippen molar-refractivity contribution in [1.29, 1.82) is 0 Å². The Balaban J connectivity index is 0.000000921. The number of carbonyl (C=O) groups is 1. The predicted molar refractivity (Wildman–Crippen MR) is 61.2 cm³/mol. The maximum Gasteiger partial charge on any atom is 0.322 e. The van der Waals surface area contributed by atoms with Crippen molar-refractivity contribution >= 4 is 5.97 Å². The summed E-state index contributed by atoms with van der Waals surface area (Å²) in [6, 6.07) is 8.95. The van der Waals surface area contributed by atoms with Crippen LogP contribution in [0, 0.1) is 0 Å². The van der Waals surface area contributed by atoms with Crippen molar-refractivity contribution in [3.8, 4) is 0 Å². The molecule has 15 heavy (non-hydrogen) atoms. The summed E-state index contributed by atoms with van der Waals surface area (Å²) in [5, 5.41) is 0. The van der Waals surface area contributed by atoms with Crippen LogP contribution in [0.15, 0.2) is 30.3 Å². The fourth-order valence-electron chi connectivity index (χ4n) is 0.860. The summed E-state index contributed by atoms with van der Waals surface area (Å²) in [4.78, 5) is 11.0. The number of carbonyl (C=O) groups excluding carboxylic acids is 1. The molecule has 0 aromatic heterocycles. The third kappa shape index (κ3) is 5.86. The van der Waals surface area contributed by atoms with Crippen LogP contribution in [0.4, 0.5) is 0 Å². The second-order valence-electron chi connectivity index (χ2n) is 2.88. The molecule has 0 saturated carbocycles. The largest absolute Gasteiger partial charge is 0.460 e. The van der Waals surface area contributed by atoms with Gasteiger partial charge in [0.2, 0.25) is 0 Å². The first-order valence-electron chi connectivity index (χ1n) is 5.16. The van der Waals surface area contributed by atoms with Crippen molar-refractivity contribution < 1.29 is 9.53 Å². The fourth-order valence-corrected chi connectivity index (χ4v) is 0.860. The third-order valence-corrected chi connectivity index (χ3v) is 1.60. The summed E-state index contributed by atoms with van der Waals surface area (Å²) in [7, 11) is 0. The summed E-state index contributed by atoms with van der Waals surface area (Å²) in [6.45, 7) is 5.90. The lowest BCUT2D eigenvalue weighted by atomic mass is 10.2. The molecular weight excluding hydrogens is 190 g/mol. The first-order chi connectivity index (χ1) is 7.20. The maximum absolute atomic E-state index is 11.0. The first kappa shape index (κ1) is 13.7. The Hall–Kier alpha value is -1.35. The van der Waals surface area contributed by atoms with E-state index in [0.717, 1.165) is 5.56 Å². The van der Waals surface area contributed by atoms with Crippen LogP contribution in [-0.2, 0) is 16.1 Å². The van der Waals surface area contributed by atoms with E-state index < -0.39 is 6.04 Å². The fraction of sp³-hybridized carbons (Fsp3) is 0.417. The van der Waals surface area contributed by atoms with Crippen LogP contribution < -0.4 is 5.73 Å². The van der Waals surface area contributed by atoms with E-state index in [0.29, 0.717) is 6.61 Å². The molecule has 1 atom stereocenters. The number of hydrogen-bond acceptors (Lipinski definition) is 3. The molecule has 0 spiro atoms. The van der Waals surface area contributed by atoms with Gasteiger partial charge in [-0.25, -0.2) is 0 Å². The average Bonchev–Trinajstić information content (AvgIpc) is 2.30. The minimum Gasteiger partial charge on any atom is -0.460 e. The zero-order chi connectivity index (χ0) is 11.7. The van der Waals surface area contributed by atoms with Gasteiger partial charge in [0.25, 0.3) is 0 Å². The predicted octanol–water partition coefficient (Wildman–Crippen LogP) is 2.10. The molecule has 0 unspecified atom stereocenters. The number of esters is 1. The molecule has 1 aromatic carbocycles. The van der Waals surface area contributed by atoms with Crippen molar-refractivity contribution in [2.75, 3.05) is 0 Å². The van der Waals surface area contributed by atoms with Gasteiger partial charge in [-0.05, 0) is 12.5 Å². The summed E-state index contributed by atoms with van der Waals surface area (Å²) in [5.41, 5.74) is 6.29. The van der Waals surface area contributed by atoms with E-state index in [-0.39, 0.29) is 5.97 Å². The molecule has 0 fully saturated rings. The maximum atomic E-state index is 11.0. The van der Waals surface area contributed by atoms with Crippen LogP contribution in [-0.4, -0.2) is 12.0 Å². The molecule has 2 N–H and O–H groups in total. The van der Waals surface area contributed by atoms with Gasteiger partial charge >= 0.3 is 5.97 Å². The monoisotopic (exact) mass is 209 g/mol. The molecule has 0 amide bonds. The average molecular weight is 209 g/mol. The van der Waals surface area contributed by atoms with E-state index in [1.165, 1.54) is 0 Å². The second kappa shape index (κ2) is 8.00. The summed E-state index contributed by atoms with van der Waals surface area (Å²) >= 11 is 0. The van der Waals surface area contributed by atoms with E-state index in [9.17, 15) is 4.79 Å². The molecule has 1 rings (SSSR count). The highest BCUT2D eigenvalue weighted by atomic mass is 16.5. The van der Waals surface area contributed by atoms with Crippen molar-refractivity contribution in [3.05, 3.63) is 35.9 Å². The zero-order valence-electron chi connectivity index (χ0n) is 9.57. The van der Waals surface area contributed by atoms with Gasteiger partial charge in [-0.2, -0.15) is 0 Å². The Morgan fingerprint density at radius 2 is 1.87 bits per heavy atom. The zero-order valence-corrected chi connectivity index (χ0v) is 9.57. The normalized spacial score (nSPS) is 10.9. The van der Waals surface area contributed by atoms with Crippen LogP contribution >= 0.6 is 0 Å². The molecule has 84 valence electrons. The number of ether oxygens (including phenoxy) is 1. The standard InChI is InChI=1S/C10H13NO2.C2H6/c1-8(11)10(12)13-7-9-5-3-2-4-6-9;1-2/h2-6,8H,7,11H2,1H3;1-2H3/t8-;/m0./s1. The molecule has 0 aliphatic carbocycles. The van der Waals surface area contributed by atoms with Crippen molar-refractivity contribution in [3.63, 3.8) is 0 Å². The smallest absolute Gasteiger partial charge is 0.322 e. The lowest BCUT2D eigenvalue weighted by Crippen LogP contribution is -2.28. The van der Waals surface area contributed by atoms with E-state index >= 15 is 0 Å². The van der Waals surface area contributed by atoms with Gasteiger partial charge in [-0.1, -0.05) is 44.2 Å². The number of hydrogen-bond donors (Lipinski definition) is 1. The molecule has 0 saturated heterocycles. The summed E-state index contributed by atoms with van der Waals surface area (Å²) in [6.07, 6.45) is 0. The number of rotatable bonds is 3. The van der Waals surface area contributed by atoms with Crippen LogP contribution in [0.25, 0.3) is 0 Å². The Morgan fingerprint density at radius 3 is 2.33 bits per heavy atom. The Kier molecular flexibility index (Phi) is 7.28. The quantitative estimate of drug-likeness (QED) is 0.776. The van der Waals surface area contributed by atoms with Gasteiger partial charge < -0.3 is 10.5 Å². The highest BCUT2D eigenvalue weighted by Gasteiger charge is 2.07. The van der Waals surface area contributed by atoms with E-state index in [2.05, 4.69) is 0 Å². The van der Waals surface area contributed by atoms with Gasteiger partial charge in [-0.15, -0.1) is 0 Å². The lowest BCUT2D eigenvalue weighted by molar-refractivity contribution is -0.146. The Bertz CT molecular complexity index is 270. The Labute approximate surface area is 91.2 Å². The van der Waals surface area contributed by atoms with Gasteiger partial charge in [0.1, 0.15) is 12.6 Å². The highest BCUT2D eigenvalue weighted by Crippen LogP contribution is 2.00. The van der Waals surface area contributed by atoms with Crippen molar-refractivity contribution in [2.45, 2.75) is 33.4 Å². The number of benzene rings is 1. The van der Waals surface area contributed by atoms with E-state index in [4.69, 9.17) is 10.5 Å². The lowest BCUT2D eigenvalue weighted by Gasteiger charge is -2.06. The molecule has 0 bridgehead atoms. The minimum absolute atomic E-state index is 0.293. The molecule has 3 nitrogen and oxygen atoms in total. The second-order valence-corrected chi connectivity index (χ2v) is 2.88.